The van der Waals surface area contributed by atoms with Crippen molar-refractivity contribution in [2.45, 2.75) is 47.0 Å². The van der Waals surface area contributed by atoms with Gasteiger partial charge in [0, 0.05) is 18.4 Å². The molecule has 0 unspecified atom stereocenters. The lowest BCUT2D eigenvalue weighted by atomic mass is 10.1. The Morgan fingerprint density at radius 1 is 1.19 bits per heavy atom. The average molecular weight is 285 g/mol. The Morgan fingerprint density at radius 3 is 2.52 bits per heavy atom. The lowest BCUT2D eigenvalue weighted by molar-refractivity contribution is 0.683. The fraction of sp³-hybridized carbons (Fsp3) is 0.500. The van der Waals surface area contributed by atoms with E-state index in [1.807, 2.05) is 6.92 Å². The van der Waals surface area contributed by atoms with Crippen LogP contribution in [0.2, 0.25) is 0 Å². The quantitative estimate of drug-likeness (QED) is 0.806. The first-order chi connectivity index (χ1) is 10.1. The summed E-state index contributed by atoms with van der Waals surface area (Å²) in [6.45, 7) is 9.61. The van der Waals surface area contributed by atoms with Crippen LogP contribution < -0.4 is 5.32 Å². The van der Waals surface area contributed by atoms with Crippen molar-refractivity contribution in [2.24, 2.45) is 5.92 Å². The van der Waals surface area contributed by atoms with E-state index in [0.29, 0.717) is 5.92 Å². The zero-order chi connectivity index (χ0) is 15.2. The van der Waals surface area contributed by atoms with E-state index in [1.54, 1.807) is 0 Å². The summed E-state index contributed by atoms with van der Waals surface area (Å²) in [7, 11) is 0. The number of aromatic nitrogens is 2. The van der Waals surface area contributed by atoms with Crippen LogP contribution in [0.1, 0.15) is 44.9 Å². The predicted molar refractivity (Wildman–Crippen MR) is 90.2 cm³/mol. The first-order valence-electron chi connectivity index (χ1n) is 7.99. The van der Waals surface area contributed by atoms with Crippen molar-refractivity contribution < 1.29 is 0 Å². The zero-order valence-corrected chi connectivity index (χ0v) is 13.7. The van der Waals surface area contributed by atoms with Crippen LogP contribution in [0.25, 0.3) is 5.69 Å². The van der Waals surface area contributed by atoms with Crippen LogP contribution in [0.5, 0.6) is 0 Å². The Balaban J connectivity index is 2.16. The van der Waals surface area contributed by atoms with Crippen molar-refractivity contribution in [3.63, 3.8) is 0 Å². The Hall–Kier alpha value is -1.77. The van der Waals surface area contributed by atoms with E-state index >= 15 is 0 Å². The molecule has 1 heterocycles. The molecule has 0 saturated carbocycles. The summed E-state index contributed by atoms with van der Waals surface area (Å²) in [4.78, 5) is 4.58. The van der Waals surface area contributed by atoms with Gasteiger partial charge in [-0.1, -0.05) is 39.3 Å². The minimum Gasteiger partial charge on any atom is -0.355 e. The number of aryl methyl sites for hydroxylation is 2. The molecule has 0 amide bonds. The molecule has 0 saturated heterocycles. The van der Waals surface area contributed by atoms with Crippen LogP contribution >= 0.6 is 0 Å². The molecule has 1 N–H and O–H groups in total. The van der Waals surface area contributed by atoms with E-state index in [4.69, 9.17) is 0 Å². The molecule has 2 aromatic rings. The van der Waals surface area contributed by atoms with Gasteiger partial charge in [-0.25, -0.2) is 4.98 Å². The van der Waals surface area contributed by atoms with Crippen molar-refractivity contribution >= 4 is 5.95 Å². The maximum absolute atomic E-state index is 4.58. The molecule has 0 aliphatic rings. The second-order valence-electron chi connectivity index (χ2n) is 6.12. The molecule has 21 heavy (non-hydrogen) atoms. The molecule has 3 heteroatoms. The molecule has 0 bridgehead atoms. The highest BCUT2D eigenvalue weighted by Gasteiger charge is 2.08. The lowest BCUT2D eigenvalue weighted by Gasteiger charge is -2.12. The summed E-state index contributed by atoms with van der Waals surface area (Å²) in [6, 6.07) is 8.83. The maximum Gasteiger partial charge on any atom is 0.207 e. The van der Waals surface area contributed by atoms with Crippen molar-refractivity contribution in [1.82, 2.24) is 9.55 Å². The first kappa shape index (κ1) is 15.6. The third-order valence-electron chi connectivity index (χ3n) is 3.53. The normalized spacial score (nSPS) is 11.1. The topological polar surface area (TPSA) is 29.9 Å². The molecule has 0 fully saturated rings. The molecule has 0 spiro atoms. The Morgan fingerprint density at radius 2 is 1.90 bits per heavy atom. The van der Waals surface area contributed by atoms with Gasteiger partial charge in [0.25, 0.3) is 0 Å². The molecular formula is C18H27N3. The Labute approximate surface area is 128 Å². The Kier molecular flexibility index (Phi) is 5.43. The van der Waals surface area contributed by atoms with Crippen LogP contribution in [-0.2, 0) is 6.42 Å². The first-order valence-corrected chi connectivity index (χ1v) is 7.99. The van der Waals surface area contributed by atoms with Gasteiger partial charge in [0.1, 0.15) is 0 Å². The van der Waals surface area contributed by atoms with Crippen LogP contribution in [0.4, 0.5) is 5.95 Å². The fourth-order valence-corrected chi connectivity index (χ4v) is 2.32. The minimum atomic E-state index is 0.604. The van der Waals surface area contributed by atoms with Gasteiger partial charge in [0.05, 0.1) is 5.69 Å². The van der Waals surface area contributed by atoms with Gasteiger partial charge in [-0.15, -0.1) is 0 Å². The van der Waals surface area contributed by atoms with Gasteiger partial charge in [-0.05, 0) is 43.4 Å². The number of hydrogen-bond donors (Lipinski definition) is 1. The molecule has 3 nitrogen and oxygen atoms in total. The SMILES string of the molecule is CCCCc1ccc(-n2cc(C)nc2NCC(C)C)cc1. The van der Waals surface area contributed by atoms with E-state index in [2.05, 4.69) is 66.1 Å². The number of anilines is 1. The van der Waals surface area contributed by atoms with Crippen LogP contribution in [0, 0.1) is 12.8 Å². The number of nitrogens with zero attached hydrogens (tertiary/aromatic N) is 2. The van der Waals surface area contributed by atoms with E-state index in [0.717, 1.165) is 24.6 Å². The predicted octanol–water partition coefficient (Wildman–Crippen LogP) is 4.59. The standard InChI is InChI=1S/C18H27N3/c1-5-6-7-16-8-10-17(11-9-16)21-13-15(4)20-18(21)19-12-14(2)3/h8-11,13-14H,5-7,12H2,1-4H3,(H,19,20). The van der Waals surface area contributed by atoms with Crippen LogP contribution in [0.15, 0.2) is 30.5 Å². The molecule has 1 aromatic heterocycles. The number of hydrogen-bond acceptors (Lipinski definition) is 2. The highest BCUT2D eigenvalue weighted by molar-refractivity contribution is 5.44. The average Bonchev–Trinajstić information content (AvgIpc) is 2.84. The summed E-state index contributed by atoms with van der Waals surface area (Å²) < 4.78 is 2.14. The minimum absolute atomic E-state index is 0.604. The Bertz CT molecular complexity index is 552. The molecule has 0 aliphatic heterocycles. The number of benzene rings is 1. The second kappa shape index (κ2) is 7.30. The summed E-state index contributed by atoms with van der Waals surface area (Å²) in [5.74, 6) is 1.54. The van der Waals surface area contributed by atoms with Crippen LogP contribution in [-0.4, -0.2) is 16.1 Å². The van der Waals surface area contributed by atoms with Gasteiger partial charge in [0.15, 0.2) is 0 Å². The largest absolute Gasteiger partial charge is 0.355 e. The molecule has 0 radical (unpaired) electrons. The van der Waals surface area contributed by atoms with Gasteiger partial charge in [-0.3, -0.25) is 4.57 Å². The van der Waals surface area contributed by atoms with Crippen molar-refractivity contribution in [2.75, 3.05) is 11.9 Å². The smallest absolute Gasteiger partial charge is 0.207 e. The van der Waals surface area contributed by atoms with E-state index in [-0.39, 0.29) is 0 Å². The van der Waals surface area contributed by atoms with E-state index < -0.39 is 0 Å². The van der Waals surface area contributed by atoms with Crippen molar-refractivity contribution in [3.05, 3.63) is 41.7 Å². The number of rotatable bonds is 7. The lowest BCUT2D eigenvalue weighted by Crippen LogP contribution is -2.12. The van der Waals surface area contributed by atoms with Gasteiger partial charge in [0.2, 0.25) is 5.95 Å². The second-order valence-corrected chi connectivity index (χ2v) is 6.12. The zero-order valence-electron chi connectivity index (χ0n) is 13.7. The summed E-state index contributed by atoms with van der Waals surface area (Å²) in [6.07, 6.45) is 5.75. The van der Waals surface area contributed by atoms with Crippen molar-refractivity contribution in [3.8, 4) is 5.69 Å². The van der Waals surface area contributed by atoms with Crippen LogP contribution in [0.3, 0.4) is 0 Å². The van der Waals surface area contributed by atoms with E-state index in [1.165, 1.54) is 24.1 Å². The molecule has 1 aromatic carbocycles. The monoisotopic (exact) mass is 285 g/mol. The van der Waals surface area contributed by atoms with Gasteiger partial charge >= 0.3 is 0 Å². The molecule has 0 atom stereocenters. The summed E-state index contributed by atoms with van der Waals surface area (Å²) >= 11 is 0. The molecular weight excluding hydrogens is 258 g/mol. The van der Waals surface area contributed by atoms with Gasteiger partial charge < -0.3 is 5.32 Å². The third-order valence-corrected chi connectivity index (χ3v) is 3.53. The number of nitrogens with one attached hydrogen (secondary N) is 1. The molecule has 114 valence electrons. The molecule has 0 aliphatic carbocycles. The van der Waals surface area contributed by atoms with E-state index in [9.17, 15) is 0 Å². The van der Waals surface area contributed by atoms with Gasteiger partial charge in [-0.2, -0.15) is 0 Å². The number of imidazole rings is 1. The maximum atomic E-state index is 4.58. The number of unbranched alkanes of at least 4 members (excludes halogenated alkanes) is 1. The highest BCUT2D eigenvalue weighted by Crippen LogP contribution is 2.18. The van der Waals surface area contributed by atoms with Crippen molar-refractivity contribution in [1.29, 1.82) is 0 Å². The summed E-state index contributed by atoms with van der Waals surface area (Å²) in [5, 5.41) is 3.43. The molecule has 2 rings (SSSR count). The fourth-order valence-electron chi connectivity index (χ4n) is 2.32. The highest BCUT2D eigenvalue weighted by atomic mass is 15.2. The summed E-state index contributed by atoms with van der Waals surface area (Å²) in [5.41, 5.74) is 3.62. The third kappa shape index (κ3) is 4.35.